The van der Waals surface area contributed by atoms with Crippen molar-refractivity contribution >= 4 is 50.1 Å². The molecule has 118 valence electrons. The van der Waals surface area contributed by atoms with Gasteiger partial charge in [-0.3, -0.25) is 28.9 Å². The van der Waals surface area contributed by atoms with Crippen LogP contribution in [0.2, 0.25) is 0 Å². The lowest BCUT2D eigenvalue weighted by molar-refractivity contribution is -0.137. The molecule has 0 heterocycles. The average Bonchev–Trinajstić information content (AvgIpc) is 2.39. The third kappa shape index (κ3) is 6.57. The van der Waals surface area contributed by atoms with Crippen LogP contribution in [-0.4, -0.2) is 36.3 Å². The summed E-state index contributed by atoms with van der Waals surface area (Å²) in [5, 5.41) is 3.73. The molecule has 2 amide bonds. The second kappa shape index (κ2) is 9.03. The Morgan fingerprint density at radius 2 is 1.20 bits per heavy atom. The molecule has 0 rings (SSSR count). The van der Waals surface area contributed by atoms with E-state index in [0.29, 0.717) is 0 Å². The molecule has 2 atom stereocenters. The molecule has 0 aliphatic heterocycles. The van der Waals surface area contributed by atoms with Crippen LogP contribution in [0.3, 0.4) is 0 Å². The number of hydrogen-bond acceptors (Lipinski definition) is 6. The van der Waals surface area contributed by atoms with Crippen molar-refractivity contribution < 1.29 is 27.8 Å². The number of hydrogen-bond donors (Lipinski definition) is 2. The maximum absolute atomic E-state index is 11.9. The molecule has 0 saturated heterocycles. The number of nitrogens with one attached hydrogen (secondary N) is 2. The summed E-state index contributed by atoms with van der Waals surface area (Å²) in [4.78, 5) is 23.1. The molecule has 0 aromatic carbocycles. The van der Waals surface area contributed by atoms with Crippen LogP contribution in [0, 0.1) is 0 Å². The fraction of sp³-hybridized carbons (Fsp3) is 0.750. The first kappa shape index (κ1) is 19.9. The zero-order chi connectivity index (χ0) is 15.8. The SMILES string of the molecule is CCOP(=O)(CCl)NC(=O)C(=O)NP(=O)(CCl)OCC. The van der Waals surface area contributed by atoms with Gasteiger partial charge in [0, 0.05) is 0 Å². The van der Waals surface area contributed by atoms with Gasteiger partial charge in [0.2, 0.25) is 0 Å². The van der Waals surface area contributed by atoms with E-state index < -0.39 is 38.1 Å². The predicted molar refractivity (Wildman–Crippen MR) is 76.2 cm³/mol. The van der Waals surface area contributed by atoms with Crippen molar-refractivity contribution in [1.29, 1.82) is 0 Å². The van der Waals surface area contributed by atoms with Crippen LogP contribution in [0.1, 0.15) is 13.8 Å². The molecule has 0 aromatic heterocycles. The summed E-state index contributed by atoms with van der Waals surface area (Å²) in [6.07, 6.45) is 0. The van der Waals surface area contributed by atoms with Crippen LogP contribution in [-0.2, 0) is 27.8 Å². The highest BCUT2D eigenvalue weighted by Crippen LogP contribution is 2.44. The monoisotopic (exact) mass is 368 g/mol. The number of rotatable bonds is 8. The van der Waals surface area contributed by atoms with Crippen LogP contribution in [0.15, 0.2) is 0 Å². The van der Waals surface area contributed by atoms with Gasteiger partial charge < -0.3 is 9.05 Å². The molecule has 0 aliphatic rings. The summed E-state index contributed by atoms with van der Waals surface area (Å²) < 4.78 is 33.3. The predicted octanol–water partition coefficient (Wildman–Crippen LogP) is 2.07. The first-order chi connectivity index (χ1) is 9.25. The molecule has 0 aromatic rings. The van der Waals surface area contributed by atoms with Crippen LogP contribution in [0.25, 0.3) is 0 Å². The highest BCUT2D eigenvalue weighted by molar-refractivity contribution is 7.60. The molecule has 12 heteroatoms. The Hall–Kier alpha value is -0.100. The van der Waals surface area contributed by atoms with Crippen molar-refractivity contribution in [1.82, 2.24) is 10.2 Å². The van der Waals surface area contributed by atoms with Crippen molar-refractivity contribution in [3.05, 3.63) is 0 Å². The minimum absolute atomic E-state index is 0.0328. The van der Waals surface area contributed by atoms with Gasteiger partial charge in [-0.1, -0.05) is 0 Å². The highest BCUT2D eigenvalue weighted by Gasteiger charge is 2.32. The average molecular weight is 369 g/mol. The normalized spacial score (nSPS) is 16.8. The van der Waals surface area contributed by atoms with Crippen LogP contribution in [0.4, 0.5) is 0 Å². The van der Waals surface area contributed by atoms with E-state index in [1.165, 1.54) is 0 Å². The van der Waals surface area contributed by atoms with Crippen molar-refractivity contribution in [2.24, 2.45) is 0 Å². The number of amides is 2. The Kier molecular flexibility index (Phi) is 8.98. The summed E-state index contributed by atoms with van der Waals surface area (Å²) in [5.74, 6) is -2.60. The minimum atomic E-state index is -3.66. The zero-order valence-electron chi connectivity index (χ0n) is 10.9. The number of carbonyl (C=O) groups is 2. The molecule has 2 N–H and O–H groups in total. The highest BCUT2D eigenvalue weighted by atomic mass is 35.5. The standard InChI is InChI=1S/C8H16Cl2N2O6P2/c1-3-17-19(15,5-9)11-7(13)8(14)12-20(16,6-10)18-4-2/h3-6H2,1-2H3,(H,11,13,15)(H,12,14,16). The Bertz CT molecular complexity index is 407. The first-order valence-electron chi connectivity index (χ1n) is 5.49. The fourth-order valence-electron chi connectivity index (χ4n) is 1.02. The molecular weight excluding hydrogens is 353 g/mol. The second-order valence-corrected chi connectivity index (χ2v) is 8.87. The lowest BCUT2D eigenvalue weighted by Crippen LogP contribution is -2.38. The smallest absolute Gasteiger partial charge is 0.313 e. The van der Waals surface area contributed by atoms with Gasteiger partial charge in [0.25, 0.3) is 0 Å². The van der Waals surface area contributed by atoms with Crippen LogP contribution in [0.5, 0.6) is 0 Å². The van der Waals surface area contributed by atoms with E-state index in [2.05, 4.69) is 0 Å². The van der Waals surface area contributed by atoms with Crippen LogP contribution >= 0.6 is 38.2 Å². The van der Waals surface area contributed by atoms with Gasteiger partial charge in [0.05, 0.1) is 13.2 Å². The van der Waals surface area contributed by atoms with Crippen molar-refractivity contribution in [2.45, 2.75) is 13.8 Å². The summed E-state index contributed by atoms with van der Waals surface area (Å²) in [6.45, 7) is 3.15. The summed E-state index contributed by atoms with van der Waals surface area (Å²) in [6, 6.07) is 0. The van der Waals surface area contributed by atoms with E-state index in [0.717, 1.165) is 0 Å². The molecule has 0 bridgehead atoms. The number of halogens is 2. The van der Waals surface area contributed by atoms with Crippen LogP contribution < -0.4 is 10.2 Å². The van der Waals surface area contributed by atoms with Gasteiger partial charge >= 0.3 is 26.9 Å². The third-order valence-corrected chi connectivity index (χ3v) is 6.70. The van der Waals surface area contributed by atoms with E-state index in [9.17, 15) is 18.7 Å². The van der Waals surface area contributed by atoms with Gasteiger partial charge in [-0.25, -0.2) is 0 Å². The molecule has 0 aliphatic carbocycles. The quantitative estimate of drug-likeness (QED) is 0.385. The van der Waals surface area contributed by atoms with Crippen molar-refractivity contribution in [3.63, 3.8) is 0 Å². The van der Waals surface area contributed by atoms with E-state index in [1.54, 1.807) is 13.8 Å². The molecule has 0 fully saturated rings. The lowest BCUT2D eigenvalue weighted by Gasteiger charge is -2.18. The summed E-state index contributed by atoms with van der Waals surface area (Å²) in [5.41, 5.74) is -1.00. The maximum atomic E-state index is 11.9. The summed E-state index contributed by atoms with van der Waals surface area (Å²) >= 11 is 10.8. The van der Waals surface area contributed by atoms with Gasteiger partial charge in [0.1, 0.15) is 11.2 Å². The van der Waals surface area contributed by atoms with E-state index >= 15 is 0 Å². The minimum Gasteiger partial charge on any atom is -0.313 e. The van der Waals surface area contributed by atoms with Gasteiger partial charge in [-0.15, -0.1) is 23.2 Å². The second-order valence-electron chi connectivity index (χ2n) is 3.30. The van der Waals surface area contributed by atoms with E-state index in [-0.39, 0.29) is 13.2 Å². The Morgan fingerprint density at radius 1 is 0.900 bits per heavy atom. The summed E-state index contributed by atoms with van der Waals surface area (Å²) in [7, 11) is -7.32. The third-order valence-electron chi connectivity index (χ3n) is 1.74. The molecule has 0 spiro atoms. The van der Waals surface area contributed by atoms with E-state index in [4.69, 9.17) is 32.2 Å². The molecule has 20 heavy (non-hydrogen) atoms. The molecular formula is C8H16Cl2N2O6P2. The number of alkyl halides is 2. The number of carbonyl (C=O) groups excluding carboxylic acids is 2. The maximum Gasteiger partial charge on any atom is 0.316 e. The molecule has 2 unspecified atom stereocenters. The zero-order valence-corrected chi connectivity index (χ0v) is 14.2. The van der Waals surface area contributed by atoms with Gasteiger partial charge in [-0.2, -0.15) is 0 Å². The van der Waals surface area contributed by atoms with E-state index in [1.807, 2.05) is 10.2 Å². The molecule has 0 saturated carbocycles. The topological polar surface area (TPSA) is 111 Å². The molecule has 8 nitrogen and oxygen atoms in total. The Labute approximate surface area is 126 Å². The van der Waals surface area contributed by atoms with Gasteiger partial charge in [0.15, 0.2) is 0 Å². The van der Waals surface area contributed by atoms with Crippen molar-refractivity contribution in [2.75, 3.05) is 24.5 Å². The lowest BCUT2D eigenvalue weighted by atomic mass is 10.6. The fourth-order valence-corrected chi connectivity index (χ4v) is 3.84. The Morgan fingerprint density at radius 3 is 1.40 bits per heavy atom. The van der Waals surface area contributed by atoms with Crippen molar-refractivity contribution in [3.8, 4) is 0 Å². The largest absolute Gasteiger partial charge is 0.316 e. The molecule has 0 radical (unpaired) electrons. The first-order valence-corrected chi connectivity index (χ1v) is 10.2. The van der Waals surface area contributed by atoms with Gasteiger partial charge in [-0.05, 0) is 13.8 Å². The Balaban J connectivity index is 4.75.